The van der Waals surface area contributed by atoms with Crippen molar-refractivity contribution in [2.24, 2.45) is 17.8 Å². The number of carbonyl (C=O) groups is 2. The largest absolute Gasteiger partial charge is 0.457 e. The van der Waals surface area contributed by atoms with E-state index in [2.05, 4.69) is 34.0 Å². The summed E-state index contributed by atoms with van der Waals surface area (Å²) in [4.78, 5) is 26.9. The number of esters is 1. The summed E-state index contributed by atoms with van der Waals surface area (Å²) in [5.41, 5.74) is 6.42. The minimum Gasteiger partial charge on any atom is -0.457 e. The summed E-state index contributed by atoms with van der Waals surface area (Å²) < 4.78 is 19.7. The molecular weight excluding hydrogens is 595 g/mol. The van der Waals surface area contributed by atoms with Crippen LogP contribution in [0.3, 0.4) is 0 Å². The molecule has 1 saturated heterocycles. The molecule has 1 aromatic carbocycles. The molecule has 12 heteroatoms. The number of Topliss-reactive ketones (excluding diaryl/α,β-unsaturated/α-hetero) is 1. The number of aryl methyl sites for hydroxylation is 1. The average molecular weight is 649 g/mol. The van der Waals surface area contributed by atoms with E-state index in [0.717, 1.165) is 24.1 Å². The zero-order chi connectivity index (χ0) is 34.8. The Balaban J connectivity index is 1.77. The number of terminal acetylenes is 1. The van der Waals surface area contributed by atoms with E-state index >= 15 is 0 Å². The van der Waals surface area contributed by atoms with Crippen LogP contribution in [0.2, 0.25) is 5.82 Å². The first-order valence-electron chi connectivity index (χ1n) is 16.7. The zero-order valence-corrected chi connectivity index (χ0v) is 29.1. The number of methoxy groups -OCH3 is 1. The Bertz CT molecular complexity index is 1370. The quantitative estimate of drug-likeness (QED) is 0.0870. The normalized spacial score (nSPS) is 31.3. The van der Waals surface area contributed by atoms with Gasteiger partial charge in [0.15, 0.2) is 5.60 Å². The van der Waals surface area contributed by atoms with E-state index in [1.54, 1.807) is 21.0 Å². The summed E-state index contributed by atoms with van der Waals surface area (Å²) in [7, 11) is 8.24. The van der Waals surface area contributed by atoms with Crippen LogP contribution >= 0.6 is 0 Å². The van der Waals surface area contributed by atoms with Crippen molar-refractivity contribution in [3.05, 3.63) is 30.5 Å². The maximum atomic E-state index is 13.5. The van der Waals surface area contributed by atoms with Crippen LogP contribution in [0.5, 0.6) is 0 Å². The predicted octanol–water partition coefficient (Wildman–Crippen LogP) is 3.79. The molecule has 0 aliphatic carbocycles. The summed E-state index contributed by atoms with van der Waals surface area (Å²) >= 11 is 0. The van der Waals surface area contributed by atoms with Gasteiger partial charge < -0.3 is 30.6 Å². The Labute approximate surface area is 281 Å². The summed E-state index contributed by atoms with van der Waals surface area (Å²) in [5, 5.41) is 15.8. The molecule has 0 saturated carbocycles. The molecule has 0 bridgehead atoms. The number of ketones is 1. The minimum absolute atomic E-state index is 0.163. The summed E-state index contributed by atoms with van der Waals surface area (Å²) in [6, 6.07) is 7.23. The van der Waals surface area contributed by atoms with Crippen molar-refractivity contribution in [3.63, 3.8) is 0 Å². The third-order valence-corrected chi connectivity index (χ3v) is 9.70. The van der Waals surface area contributed by atoms with E-state index in [1.807, 2.05) is 55.9 Å². The molecule has 47 heavy (non-hydrogen) atoms. The summed E-state index contributed by atoms with van der Waals surface area (Å²) in [6.45, 7) is 13.6. The number of benzene rings is 1. The number of cyclic esters (lactones) is 1. The van der Waals surface area contributed by atoms with Crippen LogP contribution in [0.15, 0.2) is 30.5 Å². The van der Waals surface area contributed by atoms with Gasteiger partial charge in [-0.1, -0.05) is 44.5 Å². The number of carbonyl (C=O) groups excluding carboxylic acids is 2. The number of hydrogen-bond acceptors (Lipinski definition) is 10. The topological polar surface area (TPSA) is 143 Å². The number of hydrogen-bond donors (Lipinski definition) is 3. The first-order valence-corrected chi connectivity index (χ1v) is 16.7. The highest BCUT2D eigenvalue weighted by atomic mass is 16.6. The predicted molar refractivity (Wildman–Crippen MR) is 184 cm³/mol. The zero-order valence-electron chi connectivity index (χ0n) is 29.1. The third kappa shape index (κ3) is 9.59. The Morgan fingerprint density at radius 2 is 1.98 bits per heavy atom. The number of aromatic nitrogens is 3. The second kappa shape index (κ2) is 17.1. The smallest absolute Gasteiger partial charge is 0.316 e. The molecule has 2 radical (unpaired) electrons. The Hall–Kier alpha value is -3.40. The van der Waals surface area contributed by atoms with Gasteiger partial charge in [0.05, 0.1) is 25.7 Å². The van der Waals surface area contributed by atoms with Crippen LogP contribution in [-0.2, 0) is 30.3 Å². The lowest BCUT2D eigenvalue weighted by atomic mass is 9.62. The van der Waals surface area contributed by atoms with Gasteiger partial charge in [-0.05, 0) is 83.4 Å². The van der Waals surface area contributed by atoms with E-state index in [4.69, 9.17) is 34.2 Å². The van der Waals surface area contributed by atoms with Crippen molar-refractivity contribution in [1.29, 1.82) is 0 Å². The molecule has 3 rings (SSSR count). The molecule has 8 atom stereocenters. The van der Waals surface area contributed by atoms with Crippen LogP contribution in [0, 0.1) is 30.3 Å². The molecule has 11 nitrogen and oxygen atoms in total. The molecule has 0 amide bonds. The molecule has 4 N–H and O–H groups in total. The van der Waals surface area contributed by atoms with Gasteiger partial charge >= 0.3 is 5.97 Å². The van der Waals surface area contributed by atoms with Crippen molar-refractivity contribution < 1.29 is 23.8 Å². The van der Waals surface area contributed by atoms with Gasteiger partial charge in [0.2, 0.25) is 0 Å². The van der Waals surface area contributed by atoms with Gasteiger partial charge in [-0.15, -0.1) is 5.10 Å². The van der Waals surface area contributed by atoms with Crippen molar-refractivity contribution in [3.8, 4) is 23.8 Å². The molecular formula is C35H53BN6O5. The molecule has 256 valence electrons. The first kappa shape index (κ1) is 38.1. The summed E-state index contributed by atoms with van der Waals surface area (Å²) in [5.74, 6) is -3.02. The Kier molecular flexibility index (Phi) is 13.9. The highest BCUT2D eigenvalue weighted by molar-refractivity contribution is 6.15. The third-order valence-electron chi connectivity index (χ3n) is 9.70. The highest BCUT2D eigenvalue weighted by Crippen LogP contribution is 2.38. The number of rotatable bonds is 10. The van der Waals surface area contributed by atoms with Crippen LogP contribution in [0.4, 0.5) is 5.69 Å². The van der Waals surface area contributed by atoms with Crippen LogP contribution in [0.25, 0.3) is 11.3 Å². The van der Waals surface area contributed by atoms with Crippen molar-refractivity contribution in [1.82, 2.24) is 25.6 Å². The number of unbranched alkanes of at least 4 members (excludes halogenated alkanes) is 1. The second-order valence-corrected chi connectivity index (χ2v) is 13.4. The van der Waals surface area contributed by atoms with Gasteiger partial charge in [0.25, 0.3) is 0 Å². The maximum Gasteiger partial charge on any atom is 0.316 e. The Morgan fingerprint density at radius 3 is 2.64 bits per heavy atom. The number of nitrogen functional groups attached to an aromatic ring is 1. The van der Waals surface area contributed by atoms with Crippen LogP contribution in [0.1, 0.15) is 67.2 Å². The van der Waals surface area contributed by atoms with Gasteiger partial charge in [-0.3, -0.25) is 14.3 Å². The van der Waals surface area contributed by atoms with Gasteiger partial charge in [-0.25, -0.2) is 0 Å². The fourth-order valence-electron chi connectivity index (χ4n) is 6.54. The fourth-order valence-corrected chi connectivity index (χ4v) is 6.54. The van der Waals surface area contributed by atoms with E-state index < -0.39 is 40.9 Å². The van der Waals surface area contributed by atoms with E-state index in [0.29, 0.717) is 44.7 Å². The van der Waals surface area contributed by atoms with Crippen molar-refractivity contribution in [2.75, 3.05) is 32.5 Å². The standard InChI is InChI=1S/C35H53BN6O5/c1-9-30-35(7,46-10-2)29(39-16-11-12-17-42-22-28(40-41-42)26-14-13-15-27(37)18-26)21-38-20-23(3)19-34(6,45-8)32(36)24(4)31(43)25(5)33(44)47-30/h2,13-15,18,22-25,29-30,32,38-39H,9,11-12,16-17,19-21,37H2,1,3-8H3/t23-,24+,25-,29-,30-,32-,34-,35+/m1/s1. The number of nitrogens with two attached hydrogens (primary N) is 1. The lowest BCUT2D eigenvalue weighted by Crippen LogP contribution is -2.62. The van der Waals surface area contributed by atoms with Gasteiger partial charge in [0.1, 0.15) is 29.6 Å². The van der Waals surface area contributed by atoms with Gasteiger partial charge in [-0.2, -0.15) is 0 Å². The van der Waals surface area contributed by atoms with Crippen molar-refractivity contribution in [2.45, 2.75) is 103 Å². The van der Waals surface area contributed by atoms with E-state index in [1.165, 1.54) is 0 Å². The van der Waals surface area contributed by atoms with Crippen molar-refractivity contribution >= 4 is 25.3 Å². The van der Waals surface area contributed by atoms with Gasteiger partial charge in [0, 0.05) is 37.4 Å². The molecule has 0 spiro atoms. The molecule has 1 fully saturated rings. The molecule has 2 aromatic rings. The molecule has 2 heterocycles. The van der Waals surface area contributed by atoms with Crippen LogP contribution in [-0.4, -0.2) is 84.7 Å². The number of nitrogens with one attached hydrogen (secondary N) is 2. The number of nitrogens with zero attached hydrogens (tertiary/aromatic N) is 3. The fraction of sp³-hybridized carbons (Fsp3) is 0.657. The molecule has 0 unspecified atom stereocenters. The second-order valence-electron chi connectivity index (χ2n) is 13.4. The van der Waals surface area contributed by atoms with E-state index in [9.17, 15) is 9.59 Å². The molecule has 1 aromatic heterocycles. The maximum absolute atomic E-state index is 13.5. The SMILES string of the molecule is [B][C@@H]1[C@@H](C)C(=O)[C@@H](C)C(=O)O[C@H](CC)[C@@](C)(OC#C)[C@H](NCCCCn2cc(-c3cccc(N)c3)nn2)CNC[C@H](C)C[C@@]1(C)OC. The highest BCUT2D eigenvalue weighted by Gasteiger charge is 2.47. The summed E-state index contributed by atoms with van der Waals surface area (Å²) in [6.07, 6.45) is 12.0. The minimum atomic E-state index is -1.10. The monoisotopic (exact) mass is 648 g/mol. The van der Waals surface area contributed by atoms with E-state index in [-0.39, 0.29) is 17.7 Å². The number of anilines is 1. The molecule has 1 aliphatic heterocycles. The number of ether oxygens (including phenoxy) is 3. The lowest BCUT2D eigenvalue weighted by Gasteiger charge is -2.41. The average Bonchev–Trinajstić information content (AvgIpc) is 3.53. The Morgan fingerprint density at radius 1 is 1.23 bits per heavy atom. The molecule has 1 aliphatic rings. The first-order chi connectivity index (χ1) is 22.3. The lowest BCUT2D eigenvalue weighted by molar-refractivity contribution is -0.172. The van der Waals surface area contributed by atoms with Crippen LogP contribution < -0.4 is 16.4 Å².